The van der Waals surface area contributed by atoms with Crippen molar-refractivity contribution in [3.8, 4) is 0 Å². The quantitative estimate of drug-likeness (QED) is 0.672. The predicted octanol–water partition coefficient (Wildman–Crippen LogP) is 5.62. The van der Waals surface area contributed by atoms with Gasteiger partial charge in [0.15, 0.2) is 5.78 Å². The molecule has 2 aliphatic carbocycles. The SMILES string of the molecule is O=C(c1ccccc1)[C@@H]1CC2(CCCC2)C[C@H]1c1ccccc1. The number of Topliss-reactive ketones (excluding diaryl/α,β-unsaturated/α-hetero) is 1. The van der Waals surface area contributed by atoms with Crippen LogP contribution in [0.1, 0.15) is 60.4 Å². The Hall–Kier alpha value is -1.89. The average molecular weight is 304 g/mol. The van der Waals surface area contributed by atoms with E-state index in [1.165, 1.54) is 37.7 Å². The van der Waals surface area contributed by atoms with Crippen LogP contribution in [0.3, 0.4) is 0 Å². The molecular formula is C22H24O. The Balaban J connectivity index is 1.68. The topological polar surface area (TPSA) is 17.1 Å². The van der Waals surface area contributed by atoms with Gasteiger partial charge in [0.05, 0.1) is 0 Å². The van der Waals surface area contributed by atoms with Gasteiger partial charge in [0.1, 0.15) is 0 Å². The van der Waals surface area contributed by atoms with Gasteiger partial charge in [-0.2, -0.15) is 0 Å². The highest BCUT2D eigenvalue weighted by Crippen LogP contribution is 2.58. The second-order valence-electron chi connectivity index (χ2n) is 7.47. The molecule has 1 heteroatoms. The second-order valence-corrected chi connectivity index (χ2v) is 7.47. The zero-order valence-corrected chi connectivity index (χ0v) is 13.6. The second kappa shape index (κ2) is 5.96. The summed E-state index contributed by atoms with van der Waals surface area (Å²) in [5.74, 6) is 0.892. The lowest BCUT2D eigenvalue weighted by Gasteiger charge is -2.22. The lowest BCUT2D eigenvalue weighted by Crippen LogP contribution is -2.18. The van der Waals surface area contributed by atoms with Crippen LogP contribution in [0.15, 0.2) is 60.7 Å². The van der Waals surface area contributed by atoms with Crippen LogP contribution in [-0.2, 0) is 0 Å². The molecule has 2 aromatic carbocycles. The molecule has 2 saturated carbocycles. The first kappa shape index (κ1) is 14.7. The van der Waals surface area contributed by atoms with Crippen LogP contribution < -0.4 is 0 Å². The van der Waals surface area contributed by atoms with Crippen molar-refractivity contribution >= 4 is 5.78 Å². The molecule has 0 unspecified atom stereocenters. The van der Waals surface area contributed by atoms with E-state index in [1.54, 1.807) is 0 Å². The Morgan fingerprint density at radius 2 is 1.43 bits per heavy atom. The summed E-state index contributed by atoms with van der Waals surface area (Å²) in [6.07, 6.45) is 7.59. The molecule has 0 amide bonds. The molecule has 2 aliphatic rings. The molecule has 2 aromatic rings. The third kappa shape index (κ3) is 2.73. The number of carbonyl (C=O) groups is 1. The number of benzene rings is 2. The van der Waals surface area contributed by atoms with Crippen LogP contribution in [0.25, 0.3) is 0 Å². The number of rotatable bonds is 3. The Bertz CT molecular complexity index is 668. The summed E-state index contributed by atoms with van der Waals surface area (Å²) in [6, 6.07) is 20.6. The minimum Gasteiger partial charge on any atom is -0.294 e. The van der Waals surface area contributed by atoms with Gasteiger partial charge in [0.25, 0.3) is 0 Å². The van der Waals surface area contributed by atoms with E-state index >= 15 is 0 Å². The maximum absolute atomic E-state index is 13.2. The Kier molecular flexibility index (Phi) is 3.80. The van der Waals surface area contributed by atoms with Crippen molar-refractivity contribution in [3.63, 3.8) is 0 Å². The first-order valence-electron chi connectivity index (χ1n) is 8.92. The van der Waals surface area contributed by atoms with Gasteiger partial charge in [-0.3, -0.25) is 4.79 Å². The van der Waals surface area contributed by atoms with Gasteiger partial charge in [-0.05, 0) is 42.6 Å². The molecular weight excluding hydrogens is 280 g/mol. The zero-order valence-electron chi connectivity index (χ0n) is 13.6. The molecule has 0 N–H and O–H groups in total. The molecule has 0 aliphatic heterocycles. The average Bonchev–Trinajstić information content (AvgIpc) is 3.23. The number of hydrogen-bond acceptors (Lipinski definition) is 1. The summed E-state index contributed by atoms with van der Waals surface area (Å²) in [4.78, 5) is 13.2. The van der Waals surface area contributed by atoms with Crippen LogP contribution in [0.4, 0.5) is 0 Å². The summed E-state index contributed by atoms with van der Waals surface area (Å²) in [6.45, 7) is 0. The normalized spacial score (nSPS) is 25.7. The fraction of sp³-hybridized carbons (Fsp3) is 0.409. The van der Waals surface area contributed by atoms with Gasteiger partial charge in [0, 0.05) is 11.5 Å². The van der Waals surface area contributed by atoms with E-state index in [4.69, 9.17) is 0 Å². The molecule has 23 heavy (non-hydrogen) atoms. The van der Waals surface area contributed by atoms with E-state index in [2.05, 4.69) is 30.3 Å². The van der Waals surface area contributed by atoms with Crippen LogP contribution in [-0.4, -0.2) is 5.78 Å². The molecule has 0 radical (unpaired) electrons. The lowest BCUT2D eigenvalue weighted by molar-refractivity contribution is 0.0903. The third-order valence-electron chi connectivity index (χ3n) is 6.08. The molecule has 118 valence electrons. The van der Waals surface area contributed by atoms with E-state index in [0.29, 0.717) is 17.1 Å². The molecule has 1 spiro atoms. The standard InChI is InChI=1S/C22H24O/c23-21(18-11-5-2-6-12-18)20-16-22(13-7-8-14-22)15-19(20)17-9-3-1-4-10-17/h1-6,9-12,19-20H,7-8,13-16H2/t19-,20+/m0/s1. The Labute approximate surface area is 138 Å². The fourth-order valence-electron chi connectivity index (χ4n) is 4.98. The van der Waals surface area contributed by atoms with Crippen molar-refractivity contribution in [2.75, 3.05) is 0 Å². The summed E-state index contributed by atoms with van der Waals surface area (Å²) in [5, 5.41) is 0. The van der Waals surface area contributed by atoms with E-state index in [0.717, 1.165) is 12.0 Å². The molecule has 2 atom stereocenters. The smallest absolute Gasteiger partial charge is 0.166 e. The minimum absolute atomic E-state index is 0.151. The summed E-state index contributed by atoms with van der Waals surface area (Å²) >= 11 is 0. The Morgan fingerprint density at radius 1 is 0.826 bits per heavy atom. The van der Waals surface area contributed by atoms with Crippen molar-refractivity contribution in [3.05, 3.63) is 71.8 Å². The lowest BCUT2D eigenvalue weighted by atomic mass is 9.82. The summed E-state index contributed by atoms with van der Waals surface area (Å²) < 4.78 is 0. The van der Waals surface area contributed by atoms with E-state index < -0.39 is 0 Å². The van der Waals surface area contributed by atoms with Gasteiger partial charge in [-0.1, -0.05) is 73.5 Å². The van der Waals surface area contributed by atoms with Crippen molar-refractivity contribution in [1.29, 1.82) is 0 Å². The van der Waals surface area contributed by atoms with Crippen molar-refractivity contribution in [1.82, 2.24) is 0 Å². The molecule has 0 heterocycles. The van der Waals surface area contributed by atoms with E-state index in [9.17, 15) is 4.79 Å². The number of ketones is 1. The monoisotopic (exact) mass is 304 g/mol. The van der Waals surface area contributed by atoms with Gasteiger partial charge < -0.3 is 0 Å². The van der Waals surface area contributed by atoms with Crippen LogP contribution >= 0.6 is 0 Å². The predicted molar refractivity (Wildman–Crippen MR) is 93.6 cm³/mol. The van der Waals surface area contributed by atoms with E-state index in [-0.39, 0.29) is 5.92 Å². The maximum atomic E-state index is 13.2. The van der Waals surface area contributed by atoms with Crippen LogP contribution in [0.5, 0.6) is 0 Å². The van der Waals surface area contributed by atoms with Crippen molar-refractivity contribution < 1.29 is 4.79 Å². The maximum Gasteiger partial charge on any atom is 0.166 e. The molecule has 2 fully saturated rings. The van der Waals surface area contributed by atoms with Crippen LogP contribution in [0, 0.1) is 11.3 Å². The van der Waals surface area contributed by atoms with Crippen LogP contribution in [0.2, 0.25) is 0 Å². The molecule has 0 saturated heterocycles. The molecule has 0 bridgehead atoms. The largest absolute Gasteiger partial charge is 0.294 e. The van der Waals surface area contributed by atoms with Gasteiger partial charge in [0.2, 0.25) is 0 Å². The zero-order chi connectivity index (χ0) is 15.7. The van der Waals surface area contributed by atoms with Crippen molar-refractivity contribution in [2.45, 2.75) is 44.4 Å². The molecule has 4 rings (SSSR count). The third-order valence-corrected chi connectivity index (χ3v) is 6.08. The van der Waals surface area contributed by atoms with Gasteiger partial charge in [-0.25, -0.2) is 0 Å². The molecule has 1 nitrogen and oxygen atoms in total. The number of hydrogen-bond donors (Lipinski definition) is 0. The fourth-order valence-corrected chi connectivity index (χ4v) is 4.98. The minimum atomic E-state index is 0.151. The Morgan fingerprint density at radius 3 is 2.09 bits per heavy atom. The van der Waals surface area contributed by atoms with Gasteiger partial charge >= 0.3 is 0 Å². The first-order chi connectivity index (χ1) is 11.3. The number of carbonyl (C=O) groups excluding carboxylic acids is 1. The van der Waals surface area contributed by atoms with E-state index in [1.807, 2.05) is 30.3 Å². The summed E-state index contributed by atoms with van der Waals surface area (Å²) in [5.41, 5.74) is 2.66. The highest BCUT2D eigenvalue weighted by Gasteiger charge is 2.49. The molecule has 0 aromatic heterocycles. The van der Waals surface area contributed by atoms with Gasteiger partial charge in [-0.15, -0.1) is 0 Å². The highest BCUT2D eigenvalue weighted by atomic mass is 16.1. The van der Waals surface area contributed by atoms with Crippen molar-refractivity contribution in [2.24, 2.45) is 11.3 Å². The summed E-state index contributed by atoms with van der Waals surface area (Å²) in [7, 11) is 0. The highest BCUT2D eigenvalue weighted by molar-refractivity contribution is 5.98. The first-order valence-corrected chi connectivity index (χ1v) is 8.92.